The normalized spacial score (nSPS) is 10.6. The van der Waals surface area contributed by atoms with Gasteiger partial charge in [0.15, 0.2) is 0 Å². The van der Waals surface area contributed by atoms with E-state index >= 15 is 0 Å². The summed E-state index contributed by atoms with van der Waals surface area (Å²) >= 11 is 0. The Bertz CT molecular complexity index is 401. The SMILES string of the molecule is CCCNc1ccccc1C(=O)N(CC)CC(C)C. The van der Waals surface area contributed by atoms with Crippen LogP contribution in [0.3, 0.4) is 0 Å². The van der Waals surface area contributed by atoms with E-state index in [1.807, 2.05) is 36.1 Å². The minimum atomic E-state index is 0.121. The van der Waals surface area contributed by atoms with Gasteiger partial charge in [0, 0.05) is 25.3 Å². The highest BCUT2D eigenvalue weighted by Gasteiger charge is 2.17. The summed E-state index contributed by atoms with van der Waals surface area (Å²) < 4.78 is 0. The number of hydrogen-bond acceptors (Lipinski definition) is 2. The van der Waals surface area contributed by atoms with Gasteiger partial charge in [0.2, 0.25) is 0 Å². The first kappa shape index (κ1) is 15.5. The molecular formula is C16H26N2O. The predicted octanol–water partition coefficient (Wildman–Crippen LogP) is 3.63. The topological polar surface area (TPSA) is 32.3 Å². The van der Waals surface area contributed by atoms with Crippen molar-refractivity contribution in [1.29, 1.82) is 0 Å². The summed E-state index contributed by atoms with van der Waals surface area (Å²) in [6, 6.07) is 7.77. The Labute approximate surface area is 117 Å². The van der Waals surface area contributed by atoms with Crippen LogP contribution in [0.1, 0.15) is 44.5 Å². The van der Waals surface area contributed by atoms with Crippen LogP contribution in [0.4, 0.5) is 5.69 Å². The van der Waals surface area contributed by atoms with Crippen molar-refractivity contribution >= 4 is 11.6 Å². The van der Waals surface area contributed by atoms with Crippen LogP contribution in [-0.2, 0) is 0 Å². The lowest BCUT2D eigenvalue weighted by Crippen LogP contribution is -2.34. The second-order valence-corrected chi connectivity index (χ2v) is 5.21. The van der Waals surface area contributed by atoms with E-state index in [0.717, 1.165) is 37.3 Å². The molecule has 0 aliphatic heterocycles. The molecule has 0 saturated heterocycles. The Morgan fingerprint density at radius 2 is 1.95 bits per heavy atom. The molecule has 1 N–H and O–H groups in total. The number of amides is 1. The van der Waals surface area contributed by atoms with E-state index in [9.17, 15) is 4.79 Å². The van der Waals surface area contributed by atoms with E-state index in [-0.39, 0.29) is 5.91 Å². The summed E-state index contributed by atoms with van der Waals surface area (Å²) in [4.78, 5) is 14.5. The minimum absolute atomic E-state index is 0.121. The van der Waals surface area contributed by atoms with Crippen LogP contribution in [0.2, 0.25) is 0 Å². The maximum Gasteiger partial charge on any atom is 0.255 e. The average Bonchev–Trinajstić information content (AvgIpc) is 2.41. The second-order valence-electron chi connectivity index (χ2n) is 5.21. The van der Waals surface area contributed by atoms with E-state index in [4.69, 9.17) is 0 Å². The number of carbonyl (C=O) groups excluding carboxylic acids is 1. The molecule has 0 radical (unpaired) electrons. The van der Waals surface area contributed by atoms with Gasteiger partial charge in [-0.2, -0.15) is 0 Å². The Kier molecular flexibility index (Phi) is 6.40. The number of rotatable bonds is 7. The highest BCUT2D eigenvalue weighted by atomic mass is 16.2. The van der Waals surface area contributed by atoms with Crippen LogP contribution in [0.5, 0.6) is 0 Å². The molecule has 0 fully saturated rings. The van der Waals surface area contributed by atoms with Crippen LogP contribution < -0.4 is 5.32 Å². The van der Waals surface area contributed by atoms with Gasteiger partial charge < -0.3 is 10.2 Å². The van der Waals surface area contributed by atoms with E-state index in [0.29, 0.717) is 5.92 Å². The number of benzene rings is 1. The molecule has 0 spiro atoms. The predicted molar refractivity (Wildman–Crippen MR) is 81.6 cm³/mol. The second kappa shape index (κ2) is 7.82. The van der Waals surface area contributed by atoms with Gasteiger partial charge in [-0.1, -0.05) is 32.9 Å². The molecule has 3 nitrogen and oxygen atoms in total. The quantitative estimate of drug-likeness (QED) is 0.814. The van der Waals surface area contributed by atoms with Crippen LogP contribution in [-0.4, -0.2) is 30.4 Å². The molecule has 0 bridgehead atoms. The monoisotopic (exact) mass is 262 g/mol. The fraction of sp³-hybridized carbons (Fsp3) is 0.562. The zero-order valence-corrected chi connectivity index (χ0v) is 12.6. The van der Waals surface area contributed by atoms with Gasteiger partial charge >= 0.3 is 0 Å². The van der Waals surface area contributed by atoms with Crippen LogP contribution in [0.25, 0.3) is 0 Å². The van der Waals surface area contributed by atoms with Gasteiger partial charge in [0.25, 0.3) is 5.91 Å². The largest absolute Gasteiger partial charge is 0.384 e. The summed E-state index contributed by atoms with van der Waals surface area (Å²) in [6.07, 6.45) is 1.05. The third-order valence-electron chi connectivity index (χ3n) is 2.98. The third kappa shape index (κ3) is 4.58. The standard InChI is InChI=1S/C16H26N2O/c1-5-11-17-15-10-8-7-9-14(15)16(19)18(6-2)12-13(3)4/h7-10,13,17H,5-6,11-12H2,1-4H3. The first-order chi connectivity index (χ1) is 9.10. The summed E-state index contributed by atoms with van der Waals surface area (Å²) in [5.74, 6) is 0.607. The number of nitrogens with one attached hydrogen (secondary N) is 1. The summed E-state index contributed by atoms with van der Waals surface area (Å²) in [5.41, 5.74) is 1.72. The Morgan fingerprint density at radius 3 is 2.53 bits per heavy atom. The van der Waals surface area contributed by atoms with Crippen molar-refractivity contribution in [3.63, 3.8) is 0 Å². The fourth-order valence-corrected chi connectivity index (χ4v) is 2.05. The highest BCUT2D eigenvalue weighted by molar-refractivity contribution is 5.99. The Hall–Kier alpha value is -1.51. The van der Waals surface area contributed by atoms with E-state index in [1.54, 1.807) is 0 Å². The molecule has 1 rings (SSSR count). The molecule has 1 aromatic rings. The molecule has 0 saturated carbocycles. The van der Waals surface area contributed by atoms with Crippen molar-refractivity contribution in [2.75, 3.05) is 25.0 Å². The van der Waals surface area contributed by atoms with Crippen molar-refractivity contribution in [1.82, 2.24) is 4.90 Å². The number of anilines is 1. The minimum Gasteiger partial charge on any atom is -0.384 e. The zero-order chi connectivity index (χ0) is 14.3. The molecule has 0 aliphatic rings. The van der Waals surface area contributed by atoms with Gasteiger partial charge in [0.05, 0.1) is 5.56 Å². The van der Waals surface area contributed by atoms with Crippen LogP contribution >= 0.6 is 0 Å². The Balaban J connectivity index is 2.90. The van der Waals surface area contributed by atoms with Gasteiger partial charge in [-0.3, -0.25) is 4.79 Å². The van der Waals surface area contributed by atoms with Gasteiger partial charge in [-0.25, -0.2) is 0 Å². The molecule has 106 valence electrons. The molecule has 0 atom stereocenters. The highest BCUT2D eigenvalue weighted by Crippen LogP contribution is 2.18. The summed E-state index contributed by atoms with van der Waals surface area (Å²) in [5, 5.41) is 3.33. The van der Waals surface area contributed by atoms with Gasteiger partial charge in [-0.15, -0.1) is 0 Å². The van der Waals surface area contributed by atoms with Gasteiger partial charge in [-0.05, 0) is 31.4 Å². The molecule has 1 aromatic carbocycles. The number of hydrogen-bond donors (Lipinski definition) is 1. The Morgan fingerprint density at radius 1 is 1.26 bits per heavy atom. The van der Waals surface area contributed by atoms with Crippen molar-refractivity contribution in [3.05, 3.63) is 29.8 Å². The zero-order valence-electron chi connectivity index (χ0n) is 12.6. The first-order valence-corrected chi connectivity index (χ1v) is 7.22. The number of nitrogens with zero attached hydrogens (tertiary/aromatic N) is 1. The maximum atomic E-state index is 12.6. The smallest absolute Gasteiger partial charge is 0.255 e. The van der Waals surface area contributed by atoms with Crippen molar-refractivity contribution < 1.29 is 4.79 Å². The molecule has 1 amide bonds. The number of para-hydroxylation sites is 1. The molecule has 0 aromatic heterocycles. The average molecular weight is 262 g/mol. The lowest BCUT2D eigenvalue weighted by atomic mass is 10.1. The van der Waals surface area contributed by atoms with E-state index in [1.165, 1.54) is 0 Å². The molecule has 19 heavy (non-hydrogen) atoms. The molecule has 0 unspecified atom stereocenters. The van der Waals surface area contributed by atoms with Crippen molar-refractivity contribution in [2.24, 2.45) is 5.92 Å². The molecule has 3 heteroatoms. The van der Waals surface area contributed by atoms with Crippen molar-refractivity contribution in [2.45, 2.75) is 34.1 Å². The molecule has 0 aliphatic carbocycles. The van der Waals surface area contributed by atoms with E-state index < -0.39 is 0 Å². The molecular weight excluding hydrogens is 236 g/mol. The third-order valence-corrected chi connectivity index (χ3v) is 2.98. The fourth-order valence-electron chi connectivity index (χ4n) is 2.05. The van der Waals surface area contributed by atoms with E-state index in [2.05, 4.69) is 26.1 Å². The lowest BCUT2D eigenvalue weighted by molar-refractivity contribution is 0.0746. The lowest BCUT2D eigenvalue weighted by Gasteiger charge is -2.24. The first-order valence-electron chi connectivity index (χ1n) is 7.22. The van der Waals surface area contributed by atoms with Crippen LogP contribution in [0.15, 0.2) is 24.3 Å². The van der Waals surface area contributed by atoms with Crippen LogP contribution in [0, 0.1) is 5.92 Å². The number of carbonyl (C=O) groups is 1. The summed E-state index contributed by atoms with van der Waals surface area (Å²) in [7, 11) is 0. The van der Waals surface area contributed by atoms with Gasteiger partial charge in [0.1, 0.15) is 0 Å². The van der Waals surface area contributed by atoms with Crippen molar-refractivity contribution in [3.8, 4) is 0 Å². The maximum absolute atomic E-state index is 12.6. The summed E-state index contributed by atoms with van der Waals surface area (Å²) in [6.45, 7) is 10.9. The molecule has 0 heterocycles.